The van der Waals surface area contributed by atoms with Crippen LogP contribution in [-0.2, 0) is 11.6 Å². The molecule has 2 fully saturated rings. The van der Waals surface area contributed by atoms with Crippen molar-refractivity contribution in [3.8, 4) is 17.6 Å². The van der Waals surface area contributed by atoms with Crippen LogP contribution in [0.25, 0.3) is 0 Å². The number of nitrogens with zero attached hydrogens (tertiary/aromatic N) is 2. The molecule has 192 valence electrons. The van der Waals surface area contributed by atoms with Crippen LogP contribution >= 0.6 is 0 Å². The molecule has 1 heterocycles. The van der Waals surface area contributed by atoms with Gasteiger partial charge in [0.15, 0.2) is 11.5 Å². The number of likely N-dealkylation sites (tertiary alicyclic amines) is 1. The molecular weight excluding hydrogens is 473 g/mol. The molecule has 7 nitrogen and oxygen atoms in total. The van der Waals surface area contributed by atoms with Crippen LogP contribution in [-0.4, -0.2) is 50.8 Å². The third-order valence-corrected chi connectivity index (χ3v) is 7.52. The standard InChI is InChI=1S/C26H29F3N4O3/c1-33-11-10-25(17-5-7-21(35-2)22(12-17)36-3)9-8-19(14-23(25)33)32-24(34)31-18-6-4-16(15-30)20(13-18)26(27,28)29/h4-7,12-13,19,23H,8-11,14H2,1-3H3,(H2,31,32,34)/t19-,23+,25-/m0/s1. The molecule has 1 saturated carbocycles. The minimum absolute atomic E-state index is 0.0210. The molecule has 3 atom stereocenters. The second-order valence-electron chi connectivity index (χ2n) is 9.41. The molecule has 2 aliphatic rings. The Bertz CT molecular complexity index is 1180. The van der Waals surface area contributed by atoms with Gasteiger partial charge in [0.2, 0.25) is 0 Å². The molecule has 1 saturated heterocycles. The molecule has 2 aromatic carbocycles. The van der Waals surface area contributed by atoms with Crippen LogP contribution in [0.3, 0.4) is 0 Å². The molecule has 0 bridgehead atoms. The number of nitrogens with one attached hydrogen (secondary N) is 2. The number of methoxy groups -OCH3 is 2. The summed E-state index contributed by atoms with van der Waals surface area (Å²) in [4.78, 5) is 15.0. The SMILES string of the molecule is COc1ccc([C@@]23CC[C@H](NC(=O)Nc4ccc(C#N)c(C(F)(F)F)c4)C[C@H]2N(C)CC3)cc1OC. The molecule has 4 rings (SSSR count). The van der Waals surface area contributed by atoms with Gasteiger partial charge in [0.05, 0.1) is 31.4 Å². The van der Waals surface area contributed by atoms with E-state index in [1.165, 1.54) is 17.7 Å². The number of rotatable bonds is 5. The first kappa shape index (κ1) is 25.6. The highest BCUT2D eigenvalue weighted by Crippen LogP contribution is 2.49. The number of ether oxygens (including phenoxy) is 2. The van der Waals surface area contributed by atoms with Crippen LogP contribution in [0.15, 0.2) is 36.4 Å². The van der Waals surface area contributed by atoms with Gasteiger partial charge in [-0.25, -0.2) is 4.79 Å². The summed E-state index contributed by atoms with van der Waals surface area (Å²) < 4.78 is 50.7. The van der Waals surface area contributed by atoms with Crippen molar-refractivity contribution >= 4 is 11.7 Å². The predicted octanol–water partition coefficient (Wildman–Crippen LogP) is 4.91. The van der Waals surface area contributed by atoms with E-state index in [9.17, 15) is 18.0 Å². The van der Waals surface area contributed by atoms with Gasteiger partial charge in [0.1, 0.15) is 0 Å². The average molecular weight is 503 g/mol. The van der Waals surface area contributed by atoms with Crippen LogP contribution in [0.4, 0.5) is 23.7 Å². The molecule has 1 aliphatic carbocycles. The molecule has 0 radical (unpaired) electrons. The molecule has 0 unspecified atom stereocenters. The zero-order valence-corrected chi connectivity index (χ0v) is 20.4. The second-order valence-corrected chi connectivity index (χ2v) is 9.41. The summed E-state index contributed by atoms with van der Waals surface area (Å²) in [5.41, 5.74) is -0.497. The van der Waals surface area contributed by atoms with E-state index < -0.39 is 23.3 Å². The highest BCUT2D eigenvalue weighted by Gasteiger charge is 2.50. The summed E-state index contributed by atoms with van der Waals surface area (Å²) in [7, 11) is 5.29. The maximum atomic E-state index is 13.3. The number of anilines is 1. The lowest BCUT2D eigenvalue weighted by atomic mass is 9.65. The van der Waals surface area contributed by atoms with Crippen LogP contribution < -0.4 is 20.1 Å². The topological polar surface area (TPSA) is 86.6 Å². The van der Waals surface area contributed by atoms with E-state index >= 15 is 0 Å². The first-order valence-electron chi connectivity index (χ1n) is 11.7. The van der Waals surface area contributed by atoms with Crippen LogP contribution in [0.1, 0.15) is 42.4 Å². The van der Waals surface area contributed by atoms with Crippen LogP contribution in [0.5, 0.6) is 11.5 Å². The Balaban J connectivity index is 1.47. The molecule has 0 aromatic heterocycles. The summed E-state index contributed by atoms with van der Waals surface area (Å²) in [5.74, 6) is 1.35. The Morgan fingerprint density at radius 3 is 2.56 bits per heavy atom. The van der Waals surface area contributed by atoms with Crippen molar-refractivity contribution in [2.45, 2.75) is 49.4 Å². The first-order chi connectivity index (χ1) is 17.1. The predicted molar refractivity (Wildman–Crippen MR) is 128 cm³/mol. The van der Waals surface area contributed by atoms with E-state index in [4.69, 9.17) is 14.7 Å². The van der Waals surface area contributed by atoms with E-state index in [2.05, 4.69) is 28.6 Å². The molecule has 0 spiro atoms. The summed E-state index contributed by atoms with van der Waals surface area (Å²) >= 11 is 0. The molecule has 10 heteroatoms. The highest BCUT2D eigenvalue weighted by atomic mass is 19.4. The van der Waals surface area contributed by atoms with Gasteiger partial charge in [-0.15, -0.1) is 0 Å². The van der Waals surface area contributed by atoms with Gasteiger partial charge in [-0.1, -0.05) is 6.07 Å². The lowest BCUT2D eigenvalue weighted by molar-refractivity contribution is -0.137. The van der Waals surface area contributed by atoms with Crippen molar-refractivity contribution in [2.75, 3.05) is 33.1 Å². The van der Waals surface area contributed by atoms with Crippen molar-refractivity contribution in [3.05, 3.63) is 53.1 Å². The number of hydrogen-bond donors (Lipinski definition) is 2. The Morgan fingerprint density at radius 2 is 1.89 bits per heavy atom. The molecular formula is C26H29F3N4O3. The van der Waals surface area contributed by atoms with E-state index in [0.29, 0.717) is 17.9 Å². The minimum atomic E-state index is -4.69. The summed E-state index contributed by atoms with van der Waals surface area (Å²) in [5, 5.41) is 14.4. The fourth-order valence-electron chi connectivity index (χ4n) is 5.70. The maximum Gasteiger partial charge on any atom is 0.417 e. The zero-order valence-electron chi connectivity index (χ0n) is 20.4. The number of halogens is 3. The zero-order chi connectivity index (χ0) is 26.1. The summed E-state index contributed by atoms with van der Waals surface area (Å²) in [6.07, 6.45) is -1.43. The monoisotopic (exact) mass is 502 g/mol. The molecule has 36 heavy (non-hydrogen) atoms. The number of hydrogen-bond acceptors (Lipinski definition) is 5. The van der Waals surface area contributed by atoms with Gasteiger partial charge in [0.25, 0.3) is 0 Å². The number of fused-ring (bicyclic) bond motifs is 1. The van der Waals surface area contributed by atoms with Gasteiger partial charge >= 0.3 is 12.2 Å². The van der Waals surface area contributed by atoms with Crippen molar-refractivity contribution in [1.82, 2.24) is 10.2 Å². The number of benzene rings is 2. The van der Waals surface area contributed by atoms with E-state index in [1.807, 2.05) is 12.1 Å². The number of alkyl halides is 3. The van der Waals surface area contributed by atoms with Gasteiger partial charge in [-0.2, -0.15) is 18.4 Å². The number of carbonyl (C=O) groups excluding carboxylic acids is 1. The maximum absolute atomic E-state index is 13.3. The van der Waals surface area contributed by atoms with E-state index in [0.717, 1.165) is 37.9 Å². The number of amides is 2. The molecule has 1 aliphatic heterocycles. The van der Waals surface area contributed by atoms with E-state index in [-0.39, 0.29) is 23.2 Å². The van der Waals surface area contributed by atoms with Crippen LogP contribution in [0.2, 0.25) is 0 Å². The van der Waals surface area contributed by atoms with E-state index in [1.54, 1.807) is 14.2 Å². The second kappa shape index (κ2) is 9.90. The highest BCUT2D eigenvalue weighted by molar-refractivity contribution is 5.89. The number of nitriles is 1. The average Bonchev–Trinajstić information content (AvgIpc) is 3.19. The van der Waals surface area contributed by atoms with Gasteiger partial charge in [-0.05, 0) is 75.2 Å². The fourth-order valence-corrected chi connectivity index (χ4v) is 5.70. The third kappa shape index (κ3) is 4.80. The lowest BCUT2D eigenvalue weighted by Crippen LogP contribution is -2.52. The molecule has 2 N–H and O–H groups in total. The third-order valence-electron chi connectivity index (χ3n) is 7.52. The number of likely N-dealkylation sites (N-methyl/N-ethyl adjacent to an activating group) is 1. The Morgan fingerprint density at radius 1 is 1.14 bits per heavy atom. The smallest absolute Gasteiger partial charge is 0.417 e. The Kier molecular flexibility index (Phi) is 7.05. The molecule has 2 aromatic rings. The quantitative estimate of drug-likeness (QED) is 0.607. The normalized spacial score (nSPS) is 23.9. The number of carbonyl (C=O) groups is 1. The van der Waals surface area contributed by atoms with Crippen molar-refractivity contribution in [1.29, 1.82) is 5.26 Å². The van der Waals surface area contributed by atoms with Crippen molar-refractivity contribution < 1.29 is 27.4 Å². The van der Waals surface area contributed by atoms with Gasteiger partial charge < -0.3 is 25.0 Å². The van der Waals surface area contributed by atoms with Crippen molar-refractivity contribution in [2.24, 2.45) is 0 Å². The molecule has 2 amide bonds. The minimum Gasteiger partial charge on any atom is -0.493 e. The Hall–Kier alpha value is -3.45. The summed E-state index contributed by atoms with van der Waals surface area (Å²) in [6.45, 7) is 0.920. The van der Waals surface area contributed by atoms with Gasteiger partial charge in [-0.3, -0.25) is 0 Å². The Labute approximate surface area is 208 Å². The largest absolute Gasteiger partial charge is 0.493 e. The van der Waals surface area contributed by atoms with Gasteiger partial charge in [0, 0.05) is 23.2 Å². The van der Waals surface area contributed by atoms with Crippen molar-refractivity contribution in [3.63, 3.8) is 0 Å². The number of urea groups is 1. The van der Waals surface area contributed by atoms with Crippen LogP contribution in [0, 0.1) is 11.3 Å². The first-order valence-corrected chi connectivity index (χ1v) is 11.7. The fraction of sp³-hybridized carbons (Fsp3) is 0.462. The lowest BCUT2D eigenvalue weighted by Gasteiger charge is -2.45. The summed E-state index contributed by atoms with van der Waals surface area (Å²) in [6, 6.07) is 10.2.